The molecule has 1 unspecified atom stereocenters. The summed E-state index contributed by atoms with van der Waals surface area (Å²) in [6.45, 7) is 2.38. The van der Waals surface area contributed by atoms with E-state index in [0.717, 1.165) is 0 Å². The molecule has 0 aliphatic carbocycles. The standard InChI is InChI=1S/C4H6O3.C3H8O2.C2H6O2/c1-3(5)2-4(6)7;1-3(5)2-4;3-1-2-4/h2H2,1H3,(H,6,7);3-5H,2H2,1H3;3-4H,1-2H2. The van der Waals surface area contributed by atoms with Crippen molar-refractivity contribution in [3.8, 4) is 0 Å². The zero-order valence-corrected chi connectivity index (χ0v) is 9.46. The maximum absolute atomic E-state index is 9.87. The Labute approximate surface area is 94.0 Å². The molecule has 0 amide bonds. The van der Waals surface area contributed by atoms with Crippen molar-refractivity contribution >= 4 is 11.8 Å². The number of hydrogen-bond donors (Lipinski definition) is 5. The maximum atomic E-state index is 9.87. The Bertz CT molecular complexity index is 153. The van der Waals surface area contributed by atoms with E-state index >= 15 is 0 Å². The molecule has 0 aromatic heterocycles. The number of aliphatic hydroxyl groups is 4. The van der Waals surface area contributed by atoms with Crippen molar-refractivity contribution in [2.75, 3.05) is 19.8 Å². The monoisotopic (exact) mass is 240 g/mol. The van der Waals surface area contributed by atoms with Gasteiger partial charge in [-0.2, -0.15) is 0 Å². The van der Waals surface area contributed by atoms with Crippen molar-refractivity contribution < 1.29 is 35.1 Å². The van der Waals surface area contributed by atoms with Crippen LogP contribution in [0.15, 0.2) is 0 Å². The van der Waals surface area contributed by atoms with Crippen LogP contribution in [-0.2, 0) is 9.59 Å². The topological polar surface area (TPSA) is 135 Å². The molecule has 0 bridgehead atoms. The van der Waals surface area contributed by atoms with Gasteiger partial charge in [-0.15, -0.1) is 0 Å². The van der Waals surface area contributed by atoms with Crippen LogP contribution in [0.4, 0.5) is 0 Å². The second kappa shape index (κ2) is 16.4. The third-order valence-electron chi connectivity index (χ3n) is 0.764. The summed E-state index contributed by atoms with van der Waals surface area (Å²) in [5.41, 5.74) is 0. The van der Waals surface area contributed by atoms with E-state index in [9.17, 15) is 9.59 Å². The molecule has 1 atom stereocenters. The van der Waals surface area contributed by atoms with E-state index in [2.05, 4.69) is 0 Å². The summed E-state index contributed by atoms with van der Waals surface area (Å²) >= 11 is 0. The van der Waals surface area contributed by atoms with E-state index < -0.39 is 12.1 Å². The van der Waals surface area contributed by atoms with E-state index in [-0.39, 0.29) is 32.0 Å². The molecular weight excluding hydrogens is 220 g/mol. The minimum Gasteiger partial charge on any atom is -0.481 e. The van der Waals surface area contributed by atoms with Gasteiger partial charge in [-0.05, 0) is 13.8 Å². The summed E-state index contributed by atoms with van der Waals surface area (Å²) in [6, 6.07) is 0. The molecule has 0 aliphatic heterocycles. The number of carbonyl (C=O) groups excluding carboxylic acids is 1. The number of hydrogen-bond acceptors (Lipinski definition) is 6. The molecule has 0 saturated carbocycles. The number of aliphatic carboxylic acids is 1. The highest BCUT2D eigenvalue weighted by atomic mass is 16.4. The van der Waals surface area contributed by atoms with Gasteiger partial charge in [-0.3, -0.25) is 9.59 Å². The highest BCUT2D eigenvalue weighted by Crippen LogP contribution is 1.77. The maximum Gasteiger partial charge on any atom is 0.310 e. The number of aliphatic hydroxyl groups excluding tert-OH is 4. The molecule has 0 rings (SSSR count). The highest BCUT2D eigenvalue weighted by Gasteiger charge is 1.98. The first-order valence-electron chi connectivity index (χ1n) is 4.53. The van der Waals surface area contributed by atoms with Gasteiger partial charge in [-0.25, -0.2) is 0 Å². The smallest absolute Gasteiger partial charge is 0.310 e. The second-order valence-corrected chi connectivity index (χ2v) is 2.75. The van der Waals surface area contributed by atoms with Crippen LogP contribution in [0.2, 0.25) is 0 Å². The predicted octanol–water partition coefficient (Wildman–Crippen LogP) is -1.62. The SMILES string of the molecule is CC(=O)CC(=O)O.CC(O)CO.OCCO. The fraction of sp³-hybridized carbons (Fsp3) is 0.778. The lowest BCUT2D eigenvalue weighted by Gasteiger charge is -1.90. The minimum atomic E-state index is -1.06. The number of ketones is 1. The van der Waals surface area contributed by atoms with Gasteiger partial charge in [0.1, 0.15) is 12.2 Å². The van der Waals surface area contributed by atoms with Gasteiger partial charge in [-0.1, -0.05) is 0 Å². The lowest BCUT2D eigenvalue weighted by atomic mass is 10.3. The summed E-state index contributed by atoms with van der Waals surface area (Å²) in [5.74, 6) is -1.37. The normalized spacial score (nSPS) is 10.1. The zero-order valence-electron chi connectivity index (χ0n) is 9.46. The second-order valence-electron chi connectivity index (χ2n) is 2.75. The lowest BCUT2D eigenvalue weighted by molar-refractivity contribution is -0.139. The molecular formula is C9H20O7. The first-order valence-corrected chi connectivity index (χ1v) is 4.53. The van der Waals surface area contributed by atoms with Crippen molar-refractivity contribution in [2.24, 2.45) is 0 Å². The quantitative estimate of drug-likeness (QED) is 0.373. The highest BCUT2D eigenvalue weighted by molar-refractivity contribution is 5.93. The van der Waals surface area contributed by atoms with E-state index in [1.807, 2.05) is 0 Å². The molecule has 0 radical (unpaired) electrons. The Morgan fingerprint density at radius 2 is 1.44 bits per heavy atom. The van der Waals surface area contributed by atoms with Crippen molar-refractivity contribution in [3.63, 3.8) is 0 Å². The Balaban J connectivity index is -0.000000166. The van der Waals surface area contributed by atoms with E-state index in [1.165, 1.54) is 13.8 Å². The van der Waals surface area contributed by atoms with Crippen molar-refractivity contribution in [3.05, 3.63) is 0 Å². The lowest BCUT2D eigenvalue weighted by Crippen LogP contribution is -2.03. The van der Waals surface area contributed by atoms with Crippen LogP contribution < -0.4 is 0 Å². The number of carboxylic acids is 1. The predicted molar refractivity (Wildman–Crippen MR) is 55.9 cm³/mol. The van der Waals surface area contributed by atoms with Gasteiger partial charge >= 0.3 is 5.97 Å². The molecule has 0 heterocycles. The Morgan fingerprint density at radius 3 is 1.44 bits per heavy atom. The molecule has 7 nitrogen and oxygen atoms in total. The summed E-state index contributed by atoms with van der Waals surface area (Å²) < 4.78 is 0. The van der Waals surface area contributed by atoms with E-state index in [0.29, 0.717) is 0 Å². The van der Waals surface area contributed by atoms with Gasteiger partial charge in [0.25, 0.3) is 0 Å². The van der Waals surface area contributed by atoms with Gasteiger partial charge in [0, 0.05) is 0 Å². The third kappa shape index (κ3) is 52.1. The first kappa shape index (κ1) is 20.4. The molecule has 0 aliphatic rings. The van der Waals surface area contributed by atoms with Gasteiger partial charge in [0.05, 0.1) is 25.9 Å². The molecule has 0 fully saturated rings. The molecule has 0 aromatic carbocycles. The van der Waals surface area contributed by atoms with Crippen LogP contribution in [0, 0.1) is 0 Å². The minimum absolute atomic E-state index is 0.125. The van der Waals surface area contributed by atoms with Crippen molar-refractivity contribution in [2.45, 2.75) is 26.4 Å². The molecule has 0 aromatic rings. The van der Waals surface area contributed by atoms with Crippen molar-refractivity contribution in [1.29, 1.82) is 0 Å². The largest absolute Gasteiger partial charge is 0.481 e. The fourth-order valence-corrected chi connectivity index (χ4v) is 0.213. The molecule has 0 saturated heterocycles. The van der Waals surface area contributed by atoms with E-state index in [1.54, 1.807) is 0 Å². The Kier molecular flexibility index (Phi) is 20.9. The van der Waals surface area contributed by atoms with E-state index in [4.69, 9.17) is 25.5 Å². The van der Waals surface area contributed by atoms with Crippen LogP contribution in [0.1, 0.15) is 20.3 Å². The Morgan fingerprint density at radius 1 is 1.12 bits per heavy atom. The van der Waals surface area contributed by atoms with Gasteiger partial charge in [0.15, 0.2) is 0 Å². The van der Waals surface area contributed by atoms with Crippen LogP contribution >= 0.6 is 0 Å². The molecule has 16 heavy (non-hydrogen) atoms. The zero-order chi connectivity index (χ0) is 13.6. The molecule has 98 valence electrons. The first-order chi connectivity index (χ1) is 7.31. The number of Topliss-reactive ketones (excluding diaryl/α,β-unsaturated/α-hetero) is 1. The fourth-order valence-electron chi connectivity index (χ4n) is 0.213. The summed E-state index contributed by atoms with van der Waals surface area (Å²) in [4.78, 5) is 19.5. The number of carbonyl (C=O) groups is 2. The van der Waals surface area contributed by atoms with Crippen LogP contribution in [0.5, 0.6) is 0 Å². The molecule has 0 spiro atoms. The third-order valence-corrected chi connectivity index (χ3v) is 0.764. The average Bonchev–Trinajstić information content (AvgIpc) is 2.17. The average molecular weight is 240 g/mol. The Hall–Kier alpha value is -1.02. The summed E-state index contributed by atoms with van der Waals surface area (Å²) in [5, 5.41) is 39.1. The van der Waals surface area contributed by atoms with Crippen molar-refractivity contribution in [1.82, 2.24) is 0 Å². The molecule has 7 heteroatoms. The number of rotatable bonds is 4. The van der Waals surface area contributed by atoms with Gasteiger partial charge < -0.3 is 25.5 Å². The van der Waals surface area contributed by atoms with Crippen LogP contribution in [-0.4, -0.2) is 63.2 Å². The van der Waals surface area contributed by atoms with Crippen LogP contribution in [0.25, 0.3) is 0 Å². The summed E-state index contributed by atoms with van der Waals surface area (Å²) in [6.07, 6.45) is -0.921. The van der Waals surface area contributed by atoms with Crippen LogP contribution in [0.3, 0.4) is 0 Å². The molecule has 5 N–H and O–H groups in total. The summed E-state index contributed by atoms with van der Waals surface area (Å²) in [7, 11) is 0. The number of carboxylic acid groups (broad SMARTS) is 1. The van der Waals surface area contributed by atoms with Gasteiger partial charge in [0.2, 0.25) is 0 Å².